The van der Waals surface area contributed by atoms with Gasteiger partial charge in [-0.05, 0) is 12.5 Å². The molecule has 29 heavy (non-hydrogen) atoms. The van der Waals surface area contributed by atoms with Crippen molar-refractivity contribution in [3.05, 3.63) is 43.0 Å². The summed E-state index contributed by atoms with van der Waals surface area (Å²) in [4.78, 5) is 63.0. The van der Waals surface area contributed by atoms with Gasteiger partial charge in [-0.2, -0.15) is 0 Å². The molecule has 1 aromatic rings. The summed E-state index contributed by atoms with van der Waals surface area (Å²) in [5, 5.41) is 12.5. The predicted octanol–water partition coefficient (Wildman–Crippen LogP) is -0.631. The molecular weight excluding hydrogens is 394 g/mol. The minimum atomic E-state index is -1.87. The van der Waals surface area contributed by atoms with Crippen molar-refractivity contribution in [1.82, 2.24) is 9.55 Å². The van der Waals surface area contributed by atoms with E-state index in [4.69, 9.17) is 19.7 Å². The van der Waals surface area contributed by atoms with Crippen molar-refractivity contribution in [1.29, 1.82) is 0 Å². The number of aliphatic carboxylic acids is 1. The van der Waals surface area contributed by atoms with Gasteiger partial charge in [0.2, 0.25) is 0 Å². The second-order valence-electron chi connectivity index (χ2n) is 6.11. The van der Waals surface area contributed by atoms with Crippen molar-refractivity contribution in [3.8, 4) is 0 Å². The fraction of sp³-hybridized carbons (Fsp3) is 0.533. The van der Waals surface area contributed by atoms with Gasteiger partial charge in [0.15, 0.2) is 24.5 Å². The molecule has 1 aromatic heterocycles. The number of nitrogens with zero attached hydrogens (tertiary/aromatic N) is 4. The maximum atomic E-state index is 12.3. The Bertz CT molecular complexity index is 991. The molecule has 1 saturated heterocycles. The fourth-order valence-electron chi connectivity index (χ4n) is 2.87. The van der Waals surface area contributed by atoms with E-state index in [0.29, 0.717) is 0 Å². The van der Waals surface area contributed by atoms with E-state index in [9.17, 15) is 29.1 Å². The number of aromatic amines is 1. The molecular formula is C15H17N5O9. The number of hydrogen-bond acceptors (Lipinski definition) is 9. The number of rotatable bonds is 6. The van der Waals surface area contributed by atoms with Crippen molar-refractivity contribution in [3.63, 3.8) is 0 Å². The molecule has 14 nitrogen and oxygen atoms in total. The third-order valence-corrected chi connectivity index (χ3v) is 3.99. The number of hydrogen-bond donors (Lipinski definition) is 2. The minimum Gasteiger partial charge on any atom is -0.481 e. The molecule has 5 atom stereocenters. The Balaban J connectivity index is 2.64. The lowest BCUT2D eigenvalue weighted by Crippen LogP contribution is -2.45. The molecule has 1 aliphatic rings. The first-order valence-electron chi connectivity index (χ1n) is 8.15. The lowest BCUT2D eigenvalue weighted by molar-refractivity contribution is -0.166. The van der Waals surface area contributed by atoms with E-state index in [1.165, 1.54) is 6.92 Å². The molecule has 0 spiro atoms. The van der Waals surface area contributed by atoms with E-state index < -0.39 is 59.7 Å². The summed E-state index contributed by atoms with van der Waals surface area (Å²) in [5.74, 6) is -3.31. The van der Waals surface area contributed by atoms with E-state index in [2.05, 4.69) is 10.0 Å². The smallest absolute Gasteiger partial charge is 0.330 e. The summed E-state index contributed by atoms with van der Waals surface area (Å²) < 4.78 is 16.6. The number of carbonyl (C=O) groups is 3. The Hall–Kier alpha value is -3.64. The number of ether oxygens (including phenoxy) is 3. The predicted molar refractivity (Wildman–Crippen MR) is 91.6 cm³/mol. The summed E-state index contributed by atoms with van der Waals surface area (Å²) in [7, 11) is 0. The molecule has 0 saturated carbocycles. The second kappa shape index (κ2) is 8.58. The van der Waals surface area contributed by atoms with Gasteiger partial charge in [0.05, 0.1) is 0 Å². The summed E-state index contributed by atoms with van der Waals surface area (Å²) in [6, 6.07) is -1.87. The normalized spacial score (nSPS) is 24.2. The minimum absolute atomic E-state index is 0.104. The van der Waals surface area contributed by atoms with Crippen LogP contribution in [-0.2, 0) is 28.6 Å². The average Bonchev–Trinajstić information content (AvgIpc) is 2.92. The fourth-order valence-corrected chi connectivity index (χ4v) is 2.87. The van der Waals surface area contributed by atoms with E-state index in [1.54, 1.807) is 0 Å². The number of azide groups is 1. The van der Waals surface area contributed by atoms with E-state index in [-0.39, 0.29) is 5.56 Å². The Labute approximate surface area is 161 Å². The molecule has 156 valence electrons. The van der Waals surface area contributed by atoms with Crippen LogP contribution in [0.1, 0.15) is 25.6 Å². The Morgan fingerprint density at radius 1 is 1.28 bits per heavy atom. The number of esters is 2. The third kappa shape index (κ3) is 4.62. The summed E-state index contributed by atoms with van der Waals surface area (Å²) in [6.45, 7) is 3.46. The SMILES string of the molecule is CC(=O)O[C@H]1[C@@H](OC(C)=O)[C@H](n2cc(C)c(=O)[nH]c2=O)O[C@@H]1[C@@H](N=[N+]=[N-])C(=O)O. The van der Waals surface area contributed by atoms with Crippen LogP contribution in [0.4, 0.5) is 0 Å². The Kier molecular flexibility index (Phi) is 6.41. The summed E-state index contributed by atoms with van der Waals surface area (Å²) in [5.41, 5.74) is 7.16. The van der Waals surface area contributed by atoms with Crippen LogP contribution in [0.15, 0.2) is 20.9 Å². The zero-order valence-corrected chi connectivity index (χ0v) is 15.5. The van der Waals surface area contributed by atoms with Gasteiger partial charge in [-0.15, -0.1) is 0 Å². The number of H-pyrrole nitrogens is 1. The zero-order valence-electron chi connectivity index (χ0n) is 15.5. The molecule has 2 N–H and O–H groups in total. The van der Waals surface area contributed by atoms with Gasteiger partial charge in [-0.1, -0.05) is 5.11 Å². The molecule has 2 rings (SSSR count). The Morgan fingerprint density at radius 2 is 1.86 bits per heavy atom. The highest BCUT2D eigenvalue weighted by atomic mass is 16.6. The first-order chi connectivity index (χ1) is 13.6. The van der Waals surface area contributed by atoms with Crippen LogP contribution in [-0.4, -0.2) is 56.9 Å². The molecule has 0 amide bonds. The third-order valence-electron chi connectivity index (χ3n) is 3.99. The van der Waals surface area contributed by atoms with Crippen molar-refractivity contribution < 1.29 is 33.7 Å². The topological polar surface area (TPSA) is 203 Å². The van der Waals surface area contributed by atoms with Crippen molar-refractivity contribution in [2.75, 3.05) is 0 Å². The first kappa shape index (κ1) is 21.7. The van der Waals surface area contributed by atoms with Crippen LogP contribution in [0.2, 0.25) is 0 Å². The second-order valence-corrected chi connectivity index (χ2v) is 6.11. The molecule has 1 fully saturated rings. The number of aryl methyl sites for hydroxylation is 1. The number of aromatic nitrogens is 2. The molecule has 2 heterocycles. The van der Waals surface area contributed by atoms with Gasteiger partial charge in [0.1, 0.15) is 6.10 Å². The molecule has 0 aliphatic carbocycles. The summed E-state index contributed by atoms with van der Waals surface area (Å²) in [6.07, 6.45) is -4.96. The number of carboxylic acids is 1. The van der Waals surface area contributed by atoms with Crippen LogP contribution in [0.5, 0.6) is 0 Å². The van der Waals surface area contributed by atoms with Gasteiger partial charge < -0.3 is 19.3 Å². The average molecular weight is 411 g/mol. The molecule has 1 aliphatic heterocycles. The molecule has 0 bridgehead atoms. The van der Waals surface area contributed by atoms with Crippen molar-refractivity contribution in [2.24, 2.45) is 5.11 Å². The van der Waals surface area contributed by atoms with Crippen LogP contribution in [0.25, 0.3) is 10.4 Å². The van der Waals surface area contributed by atoms with Gasteiger partial charge in [0, 0.05) is 30.5 Å². The number of carboxylic acid groups (broad SMARTS) is 1. The lowest BCUT2D eigenvalue weighted by atomic mass is 10.0. The van der Waals surface area contributed by atoms with E-state index in [0.717, 1.165) is 24.6 Å². The largest absolute Gasteiger partial charge is 0.481 e. The first-order valence-corrected chi connectivity index (χ1v) is 8.15. The highest BCUT2D eigenvalue weighted by Crippen LogP contribution is 2.35. The zero-order chi connectivity index (χ0) is 21.9. The van der Waals surface area contributed by atoms with Crippen LogP contribution >= 0.6 is 0 Å². The lowest BCUT2D eigenvalue weighted by Gasteiger charge is -2.24. The highest BCUT2D eigenvalue weighted by Gasteiger charge is 2.54. The quantitative estimate of drug-likeness (QED) is 0.264. The molecule has 14 heteroatoms. The number of carbonyl (C=O) groups excluding carboxylic acids is 2. The standard InChI is InChI=1S/C15H17N5O9/c1-5-4-20(15(26)17-12(5)23)13-11(28-7(3)22)10(27-6(2)21)9(29-13)8(14(24)25)18-19-16/h4,8-11,13H,1-3H3,(H,24,25)(H,17,23,26)/t8-,9-,10-,11-,13-/m1/s1. The Morgan fingerprint density at radius 3 is 2.38 bits per heavy atom. The maximum Gasteiger partial charge on any atom is 0.330 e. The van der Waals surface area contributed by atoms with E-state index >= 15 is 0 Å². The van der Waals surface area contributed by atoms with Crippen LogP contribution in [0, 0.1) is 6.92 Å². The molecule has 0 unspecified atom stereocenters. The van der Waals surface area contributed by atoms with Crippen molar-refractivity contribution in [2.45, 2.75) is 51.4 Å². The van der Waals surface area contributed by atoms with Gasteiger partial charge in [0.25, 0.3) is 5.56 Å². The van der Waals surface area contributed by atoms with Crippen LogP contribution in [0.3, 0.4) is 0 Å². The number of nitrogens with one attached hydrogen (secondary N) is 1. The van der Waals surface area contributed by atoms with Gasteiger partial charge in [-0.3, -0.25) is 28.7 Å². The van der Waals surface area contributed by atoms with Crippen LogP contribution < -0.4 is 11.2 Å². The highest BCUT2D eigenvalue weighted by molar-refractivity contribution is 5.75. The maximum absolute atomic E-state index is 12.3. The van der Waals surface area contributed by atoms with Crippen molar-refractivity contribution >= 4 is 17.9 Å². The van der Waals surface area contributed by atoms with Gasteiger partial charge in [-0.25, -0.2) is 4.79 Å². The van der Waals surface area contributed by atoms with Gasteiger partial charge >= 0.3 is 23.6 Å². The monoisotopic (exact) mass is 411 g/mol. The summed E-state index contributed by atoms with van der Waals surface area (Å²) >= 11 is 0. The van der Waals surface area contributed by atoms with E-state index in [1.807, 2.05) is 4.98 Å². The molecule has 0 aromatic carbocycles. The molecule has 0 radical (unpaired) electrons.